The summed E-state index contributed by atoms with van der Waals surface area (Å²) in [6.45, 7) is 5.05. The van der Waals surface area contributed by atoms with E-state index < -0.39 is 9.84 Å². The summed E-state index contributed by atoms with van der Waals surface area (Å²) in [5.74, 6) is 0.534. The molecule has 0 unspecified atom stereocenters. The molecule has 0 saturated heterocycles. The average molecular weight is 227 g/mol. The van der Waals surface area contributed by atoms with Gasteiger partial charge in [-0.3, -0.25) is 0 Å². The fourth-order valence-electron chi connectivity index (χ4n) is 1.16. The Bertz CT molecular complexity index is 424. The summed E-state index contributed by atoms with van der Waals surface area (Å²) in [5.41, 5.74) is 0.853. The zero-order chi connectivity index (χ0) is 11.5. The van der Waals surface area contributed by atoms with Crippen LogP contribution in [0.4, 0.5) is 5.69 Å². The van der Waals surface area contributed by atoms with E-state index in [1.54, 1.807) is 18.2 Å². The monoisotopic (exact) mass is 227 g/mol. The van der Waals surface area contributed by atoms with E-state index in [0.717, 1.165) is 12.2 Å². The van der Waals surface area contributed by atoms with Gasteiger partial charge in [0.1, 0.15) is 0 Å². The van der Waals surface area contributed by atoms with E-state index in [-0.39, 0.29) is 0 Å². The lowest BCUT2D eigenvalue weighted by molar-refractivity contribution is 0.602. The Morgan fingerprint density at radius 2 is 2.00 bits per heavy atom. The predicted molar refractivity (Wildman–Crippen MR) is 62.9 cm³/mol. The lowest BCUT2D eigenvalue weighted by Gasteiger charge is -2.09. The van der Waals surface area contributed by atoms with Crippen molar-refractivity contribution in [3.8, 4) is 0 Å². The van der Waals surface area contributed by atoms with Crippen LogP contribution in [0, 0.1) is 5.92 Å². The molecule has 0 fully saturated rings. The summed E-state index contributed by atoms with van der Waals surface area (Å²) in [7, 11) is -3.10. The normalized spacial score (nSPS) is 11.7. The van der Waals surface area contributed by atoms with Crippen LogP contribution in [0.3, 0.4) is 0 Å². The quantitative estimate of drug-likeness (QED) is 0.857. The summed E-state index contributed by atoms with van der Waals surface area (Å²) in [4.78, 5) is 0.358. The highest BCUT2D eigenvalue weighted by Crippen LogP contribution is 2.15. The molecule has 0 atom stereocenters. The SMILES string of the molecule is CC(C)CNc1cccc(S(C)(=O)=O)c1. The fraction of sp³-hybridized carbons (Fsp3) is 0.455. The maximum Gasteiger partial charge on any atom is 0.175 e. The van der Waals surface area contributed by atoms with Crippen LogP contribution < -0.4 is 5.32 Å². The van der Waals surface area contributed by atoms with Crippen molar-refractivity contribution < 1.29 is 8.42 Å². The molecule has 1 aromatic carbocycles. The highest BCUT2D eigenvalue weighted by molar-refractivity contribution is 7.90. The molecule has 1 aromatic rings. The molecule has 0 amide bonds. The number of nitrogens with one attached hydrogen (secondary N) is 1. The molecule has 4 heteroatoms. The van der Waals surface area contributed by atoms with Gasteiger partial charge in [-0.2, -0.15) is 0 Å². The van der Waals surface area contributed by atoms with Crippen molar-refractivity contribution in [1.29, 1.82) is 0 Å². The van der Waals surface area contributed by atoms with Crippen molar-refractivity contribution in [2.24, 2.45) is 5.92 Å². The van der Waals surface area contributed by atoms with Crippen LogP contribution in [-0.2, 0) is 9.84 Å². The fourth-order valence-corrected chi connectivity index (χ4v) is 1.83. The molecule has 0 heterocycles. The standard InChI is InChI=1S/C11H17NO2S/c1-9(2)8-12-10-5-4-6-11(7-10)15(3,13)14/h4-7,9,12H,8H2,1-3H3. The number of benzene rings is 1. The Balaban J connectivity index is 2.84. The Morgan fingerprint density at radius 1 is 1.33 bits per heavy atom. The lowest BCUT2D eigenvalue weighted by Crippen LogP contribution is -2.08. The van der Waals surface area contributed by atoms with E-state index >= 15 is 0 Å². The minimum Gasteiger partial charge on any atom is -0.385 e. The third kappa shape index (κ3) is 3.91. The van der Waals surface area contributed by atoms with Crippen LogP contribution in [0.25, 0.3) is 0 Å². The highest BCUT2D eigenvalue weighted by atomic mass is 32.2. The van der Waals surface area contributed by atoms with Crippen molar-refractivity contribution in [2.45, 2.75) is 18.7 Å². The third-order valence-corrected chi connectivity index (χ3v) is 3.09. The molecule has 3 nitrogen and oxygen atoms in total. The molecule has 0 aliphatic rings. The average Bonchev–Trinajstić information content (AvgIpc) is 2.14. The van der Waals surface area contributed by atoms with Crippen molar-refractivity contribution in [3.05, 3.63) is 24.3 Å². The van der Waals surface area contributed by atoms with Crippen LogP contribution in [0.15, 0.2) is 29.2 Å². The van der Waals surface area contributed by atoms with Crippen LogP contribution in [0.1, 0.15) is 13.8 Å². The van der Waals surface area contributed by atoms with E-state index in [2.05, 4.69) is 19.2 Å². The van der Waals surface area contributed by atoms with E-state index in [0.29, 0.717) is 10.8 Å². The molecule has 0 saturated carbocycles. The summed E-state index contributed by atoms with van der Waals surface area (Å²) in [5, 5.41) is 3.19. The topological polar surface area (TPSA) is 46.2 Å². The highest BCUT2D eigenvalue weighted by Gasteiger charge is 2.06. The summed E-state index contributed by atoms with van der Waals surface area (Å²) in [6.07, 6.45) is 1.22. The molecule has 0 radical (unpaired) electrons. The lowest BCUT2D eigenvalue weighted by atomic mass is 10.2. The third-order valence-electron chi connectivity index (χ3n) is 1.98. The van der Waals surface area contributed by atoms with Crippen molar-refractivity contribution in [2.75, 3.05) is 18.1 Å². The molecular weight excluding hydrogens is 210 g/mol. The van der Waals surface area contributed by atoms with Gasteiger partial charge in [0.05, 0.1) is 4.90 Å². The second-order valence-corrected chi connectivity index (χ2v) is 6.09. The second-order valence-electron chi connectivity index (χ2n) is 4.07. The molecule has 0 aliphatic heterocycles. The maximum absolute atomic E-state index is 11.3. The molecule has 0 bridgehead atoms. The zero-order valence-electron chi connectivity index (χ0n) is 9.32. The van der Waals surface area contributed by atoms with Gasteiger partial charge in [-0.1, -0.05) is 19.9 Å². The van der Waals surface area contributed by atoms with Crippen molar-refractivity contribution in [1.82, 2.24) is 0 Å². The largest absolute Gasteiger partial charge is 0.385 e. The minimum absolute atomic E-state index is 0.358. The molecule has 0 aliphatic carbocycles. The van der Waals surface area contributed by atoms with Crippen LogP contribution >= 0.6 is 0 Å². The van der Waals surface area contributed by atoms with Gasteiger partial charge in [0, 0.05) is 18.5 Å². The smallest absolute Gasteiger partial charge is 0.175 e. The number of hydrogen-bond donors (Lipinski definition) is 1. The summed E-state index contributed by atoms with van der Waals surface area (Å²) >= 11 is 0. The van der Waals surface area contributed by atoms with E-state index in [9.17, 15) is 8.42 Å². The molecule has 0 spiro atoms. The van der Waals surface area contributed by atoms with Gasteiger partial charge < -0.3 is 5.32 Å². The first kappa shape index (κ1) is 12.0. The van der Waals surface area contributed by atoms with Gasteiger partial charge in [0.2, 0.25) is 0 Å². The van der Waals surface area contributed by atoms with Gasteiger partial charge in [0.25, 0.3) is 0 Å². The van der Waals surface area contributed by atoms with Crippen LogP contribution in [0.2, 0.25) is 0 Å². The van der Waals surface area contributed by atoms with Gasteiger partial charge in [-0.05, 0) is 24.1 Å². The number of anilines is 1. The van der Waals surface area contributed by atoms with Crippen molar-refractivity contribution >= 4 is 15.5 Å². The Labute approximate surface area is 91.4 Å². The van der Waals surface area contributed by atoms with Gasteiger partial charge in [-0.15, -0.1) is 0 Å². The molecule has 0 aromatic heterocycles. The number of sulfone groups is 1. The second kappa shape index (κ2) is 4.66. The first-order valence-corrected chi connectivity index (χ1v) is 6.82. The van der Waals surface area contributed by atoms with Gasteiger partial charge in [-0.25, -0.2) is 8.42 Å². The van der Waals surface area contributed by atoms with E-state index in [1.807, 2.05) is 6.07 Å². The van der Waals surface area contributed by atoms with E-state index in [1.165, 1.54) is 6.26 Å². The molecule has 1 N–H and O–H groups in total. The zero-order valence-corrected chi connectivity index (χ0v) is 10.1. The minimum atomic E-state index is -3.10. The summed E-state index contributed by atoms with van der Waals surface area (Å²) in [6, 6.07) is 6.89. The van der Waals surface area contributed by atoms with E-state index in [4.69, 9.17) is 0 Å². The van der Waals surface area contributed by atoms with Gasteiger partial charge in [0.15, 0.2) is 9.84 Å². The predicted octanol–water partition coefficient (Wildman–Crippen LogP) is 2.16. The Kier molecular flexibility index (Phi) is 3.74. The molecule has 84 valence electrons. The number of hydrogen-bond acceptors (Lipinski definition) is 3. The van der Waals surface area contributed by atoms with Crippen LogP contribution in [-0.4, -0.2) is 21.2 Å². The molecular formula is C11H17NO2S. The Hall–Kier alpha value is -1.03. The molecule has 15 heavy (non-hydrogen) atoms. The van der Waals surface area contributed by atoms with Crippen molar-refractivity contribution in [3.63, 3.8) is 0 Å². The van der Waals surface area contributed by atoms with Gasteiger partial charge >= 0.3 is 0 Å². The maximum atomic E-state index is 11.3. The summed E-state index contributed by atoms with van der Waals surface area (Å²) < 4.78 is 22.6. The number of rotatable bonds is 4. The van der Waals surface area contributed by atoms with Crippen LogP contribution in [0.5, 0.6) is 0 Å². The Morgan fingerprint density at radius 3 is 2.53 bits per heavy atom. The first-order valence-electron chi connectivity index (χ1n) is 4.93. The first-order chi connectivity index (χ1) is 6.89. The molecule has 1 rings (SSSR count).